The van der Waals surface area contributed by atoms with Crippen molar-refractivity contribution in [3.8, 4) is 11.4 Å². The summed E-state index contributed by atoms with van der Waals surface area (Å²) in [5.41, 5.74) is 10.9. The van der Waals surface area contributed by atoms with E-state index in [1.807, 2.05) is 68.4 Å². The molecule has 1 heterocycles. The fourth-order valence-corrected chi connectivity index (χ4v) is 3.81. The molecule has 1 amide bonds. The Morgan fingerprint density at radius 3 is 2.61 bits per heavy atom. The Balaban J connectivity index is 1.60. The number of phenols is 1. The molecule has 0 saturated carbocycles. The van der Waals surface area contributed by atoms with Crippen molar-refractivity contribution < 1.29 is 9.90 Å². The number of carbonyl (C=O) groups is 1. The summed E-state index contributed by atoms with van der Waals surface area (Å²) in [4.78, 5) is 19.3. The Bertz CT molecular complexity index is 1370. The summed E-state index contributed by atoms with van der Waals surface area (Å²) in [5.74, 6) is 0.411. The maximum atomic E-state index is 12.6. The summed E-state index contributed by atoms with van der Waals surface area (Å²) in [6, 6.07) is 18.2. The van der Waals surface area contributed by atoms with Crippen molar-refractivity contribution in [1.29, 1.82) is 5.41 Å². The summed E-state index contributed by atoms with van der Waals surface area (Å²) >= 11 is 0. The number of anilines is 2. The molecular formula is C25H26N6O2. The predicted molar refractivity (Wildman–Crippen MR) is 132 cm³/mol. The van der Waals surface area contributed by atoms with E-state index in [1.165, 1.54) is 6.07 Å². The molecule has 0 aliphatic carbocycles. The van der Waals surface area contributed by atoms with Crippen LogP contribution in [-0.2, 0) is 11.2 Å². The smallest absolute Gasteiger partial charge is 0.228 e. The molecule has 0 saturated heterocycles. The molecule has 0 aliphatic heterocycles. The number of amides is 1. The van der Waals surface area contributed by atoms with Gasteiger partial charge >= 0.3 is 0 Å². The van der Waals surface area contributed by atoms with Crippen molar-refractivity contribution >= 4 is 34.4 Å². The van der Waals surface area contributed by atoms with Gasteiger partial charge in [-0.2, -0.15) is 0 Å². The number of rotatable bonds is 6. The van der Waals surface area contributed by atoms with Crippen molar-refractivity contribution in [1.82, 2.24) is 9.55 Å². The number of fused-ring (bicyclic) bond motifs is 1. The SMILES string of the molecule is Cc1cc(NC(=O)Cc2cc(C(=N)N)ccc2O)ccc1-n1c(N(C)C)nc2ccccc21. The number of phenolic OH excluding ortho intramolecular Hbond substituents is 1. The number of benzene rings is 3. The van der Waals surface area contributed by atoms with Gasteiger partial charge in [-0.1, -0.05) is 12.1 Å². The average molecular weight is 443 g/mol. The van der Waals surface area contributed by atoms with E-state index in [9.17, 15) is 9.90 Å². The summed E-state index contributed by atoms with van der Waals surface area (Å²) in [6.07, 6.45) is -0.0370. The first-order valence-corrected chi connectivity index (χ1v) is 10.5. The zero-order chi connectivity index (χ0) is 23.7. The van der Waals surface area contributed by atoms with Crippen molar-refractivity contribution in [2.24, 2.45) is 5.73 Å². The Kier molecular flexibility index (Phi) is 5.74. The van der Waals surface area contributed by atoms with Gasteiger partial charge in [0.05, 0.1) is 23.1 Å². The fraction of sp³-hybridized carbons (Fsp3) is 0.160. The summed E-state index contributed by atoms with van der Waals surface area (Å²) in [5, 5.41) is 20.5. The van der Waals surface area contributed by atoms with Gasteiger partial charge in [0.1, 0.15) is 11.6 Å². The molecule has 0 radical (unpaired) electrons. The lowest BCUT2D eigenvalue weighted by Gasteiger charge is -2.17. The summed E-state index contributed by atoms with van der Waals surface area (Å²) < 4.78 is 2.10. The first-order valence-electron chi connectivity index (χ1n) is 10.5. The lowest BCUT2D eigenvalue weighted by atomic mass is 10.1. The third-order valence-corrected chi connectivity index (χ3v) is 5.41. The third-order valence-electron chi connectivity index (χ3n) is 5.41. The van der Waals surface area contributed by atoms with Crippen LogP contribution >= 0.6 is 0 Å². The molecule has 0 fully saturated rings. The number of aromatic nitrogens is 2. The van der Waals surface area contributed by atoms with Crippen LogP contribution in [0, 0.1) is 12.3 Å². The standard InChI is InChI=1S/C25H26N6O2/c1-15-12-18(28-23(33)14-17-13-16(24(26)27)8-11-22(17)32)9-10-20(15)31-21-7-5-4-6-19(21)29-25(31)30(2)3/h4-13,32H,14H2,1-3H3,(H3,26,27)(H,28,33). The Hall–Kier alpha value is -4.33. The second-order valence-corrected chi connectivity index (χ2v) is 8.11. The maximum Gasteiger partial charge on any atom is 0.228 e. The van der Waals surface area contributed by atoms with Gasteiger partial charge in [-0.3, -0.25) is 14.8 Å². The van der Waals surface area contributed by atoms with Crippen LogP contribution in [0.15, 0.2) is 60.7 Å². The monoisotopic (exact) mass is 442 g/mol. The molecule has 8 nitrogen and oxygen atoms in total. The van der Waals surface area contributed by atoms with Crippen LogP contribution in [0.5, 0.6) is 5.75 Å². The van der Waals surface area contributed by atoms with E-state index < -0.39 is 0 Å². The summed E-state index contributed by atoms with van der Waals surface area (Å²) in [6.45, 7) is 1.99. The minimum atomic E-state index is -0.278. The first-order chi connectivity index (χ1) is 15.7. The van der Waals surface area contributed by atoms with E-state index >= 15 is 0 Å². The molecule has 5 N–H and O–H groups in total. The highest BCUT2D eigenvalue weighted by Crippen LogP contribution is 2.29. The largest absolute Gasteiger partial charge is 0.508 e. The van der Waals surface area contributed by atoms with Gasteiger partial charge < -0.3 is 21.1 Å². The minimum Gasteiger partial charge on any atom is -0.508 e. The van der Waals surface area contributed by atoms with E-state index in [2.05, 4.69) is 9.88 Å². The number of carbonyl (C=O) groups excluding carboxylic acids is 1. The van der Waals surface area contributed by atoms with Crippen LogP contribution < -0.4 is 16.0 Å². The normalized spacial score (nSPS) is 10.9. The second-order valence-electron chi connectivity index (χ2n) is 8.11. The number of amidine groups is 1. The van der Waals surface area contributed by atoms with Crippen molar-refractivity contribution in [2.75, 3.05) is 24.3 Å². The molecule has 168 valence electrons. The Morgan fingerprint density at radius 2 is 1.91 bits per heavy atom. The molecule has 0 atom stereocenters. The second kappa shape index (κ2) is 8.66. The Morgan fingerprint density at radius 1 is 1.15 bits per heavy atom. The number of nitrogen functional groups attached to an aromatic ring is 1. The van der Waals surface area contributed by atoms with Crippen LogP contribution in [0.25, 0.3) is 16.7 Å². The molecule has 1 aromatic heterocycles. The van der Waals surface area contributed by atoms with Crippen molar-refractivity contribution in [3.05, 3.63) is 77.4 Å². The molecule has 4 rings (SSSR count). The number of imidazole rings is 1. The fourth-order valence-electron chi connectivity index (χ4n) is 3.81. The lowest BCUT2D eigenvalue weighted by Crippen LogP contribution is -2.17. The number of nitrogens with zero attached hydrogens (tertiary/aromatic N) is 3. The van der Waals surface area contributed by atoms with Crippen LogP contribution in [-0.4, -0.2) is 40.5 Å². The van der Waals surface area contributed by atoms with Gasteiger partial charge in [0, 0.05) is 30.9 Å². The van der Waals surface area contributed by atoms with Crippen LogP contribution in [0.1, 0.15) is 16.7 Å². The van der Waals surface area contributed by atoms with E-state index in [0.717, 1.165) is 28.2 Å². The topological polar surface area (TPSA) is 120 Å². The van der Waals surface area contributed by atoms with E-state index in [0.29, 0.717) is 16.8 Å². The number of para-hydroxylation sites is 2. The van der Waals surface area contributed by atoms with Crippen LogP contribution in [0.4, 0.5) is 11.6 Å². The molecule has 33 heavy (non-hydrogen) atoms. The molecular weight excluding hydrogens is 416 g/mol. The Labute approximate surface area is 191 Å². The minimum absolute atomic E-state index is 0.00937. The van der Waals surface area contributed by atoms with Gasteiger partial charge in [0.2, 0.25) is 11.9 Å². The van der Waals surface area contributed by atoms with E-state index in [1.54, 1.807) is 12.1 Å². The van der Waals surface area contributed by atoms with Gasteiger partial charge in [0.25, 0.3) is 0 Å². The molecule has 8 heteroatoms. The predicted octanol–water partition coefficient (Wildman–Crippen LogP) is 3.57. The average Bonchev–Trinajstić information content (AvgIpc) is 3.15. The highest BCUT2D eigenvalue weighted by molar-refractivity contribution is 5.96. The zero-order valence-corrected chi connectivity index (χ0v) is 18.8. The highest BCUT2D eigenvalue weighted by Gasteiger charge is 2.16. The highest BCUT2D eigenvalue weighted by atomic mass is 16.3. The zero-order valence-electron chi connectivity index (χ0n) is 18.8. The van der Waals surface area contributed by atoms with E-state index in [-0.39, 0.29) is 23.9 Å². The van der Waals surface area contributed by atoms with Gasteiger partial charge in [-0.15, -0.1) is 0 Å². The number of aryl methyl sites for hydroxylation is 1. The number of aromatic hydroxyl groups is 1. The van der Waals surface area contributed by atoms with Crippen LogP contribution in [0.2, 0.25) is 0 Å². The number of nitrogens with two attached hydrogens (primary N) is 1. The summed E-state index contributed by atoms with van der Waals surface area (Å²) in [7, 11) is 3.91. The number of hydrogen-bond donors (Lipinski definition) is 4. The number of nitrogens with one attached hydrogen (secondary N) is 2. The molecule has 0 spiro atoms. The molecule has 3 aromatic carbocycles. The van der Waals surface area contributed by atoms with Crippen molar-refractivity contribution in [3.63, 3.8) is 0 Å². The third kappa shape index (κ3) is 4.36. The van der Waals surface area contributed by atoms with Gasteiger partial charge in [0.15, 0.2) is 0 Å². The lowest BCUT2D eigenvalue weighted by molar-refractivity contribution is -0.115. The van der Waals surface area contributed by atoms with Gasteiger partial charge in [-0.05, 0) is 61.0 Å². The molecule has 0 aliphatic rings. The first kappa shape index (κ1) is 21.9. The quantitative estimate of drug-likeness (QED) is 0.269. The van der Waals surface area contributed by atoms with Crippen LogP contribution in [0.3, 0.4) is 0 Å². The molecule has 4 aromatic rings. The molecule has 0 unspecified atom stereocenters. The van der Waals surface area contributed by atoms with E-state index in [4.69, 9.17) is 16.1 Å². The molecule has 0 bridgehead atoms. The maximum absolute atomic E-state index is 12.6. The van der Waals surface area contributed by atoms with Crippen molar-refractivity contribution in [2.45, 2.75) is 13.3 Å². The number of hydrogen-bond acceptors (Lipinski definition) is 5. The van der Waals surface area contributed by atoms with Gasteiger partial charge in [-0.25, -0.2) is 4.98 Å².